The first-order chi connectivity index (χ1) is 8.84. The molecule has 0 atom stereocenters. The molecule has 0 aliphatic carbocycles. The third-order valence-corrected chi connectivity index (χ3v) is 3.42. The fraction of sp³-hybridized carbons (Fsp3) is 0.188. The van der Waals surface area contributed by atoms with E-state index >= 15 is 0 Å². The normalized spacial score (nSPS) is 10.9. The highest BCUT2D eigenvalue weighted by atomic mass is 15.0. The van der Waals surface area contributed by atoms with Crippen molar-refractivity contribution in [3.63, 3.8) is 0 Å². The summed E-state index contributed by atoms with van der Waals surface area (Å²) in [4.78, 5) is 4.40. The predicted molar refractivity (Wildman–Crippen MR) is 74.6 cm³/mol. The molecule has 0 aliphatic heterocycles. The van der Waals surface area contributed by atoms with E-state index in [1.807, 2.05) is 12.3 Å². The standard InChI is InChI=1S/C16H16N2/c1-18-14(10-9-13-6-3-2-4-7-13)12-15-16(18)8-5-11-17-15/h2-8,11-12H,9-10H2,1H3. The van der Waals surface area contributed by atoms with E-state index in [9.17, 15) is 0 Å². The second kappa shape index (κ2) is 4.65. The van der Waals surface area contributed by atoms with Gasteiger partial charge in [-0.05, 0) is 36.6 Å². The number of hydrogen-bond donors (Lipinski definition) is 0. The summed E-state index contributed by atoms with van der Waals surface area (Å²) in [7, 11) is 2.12. The van der Waals surface area contributed by atoms with Crippen molar-refractivity contribution in [3.05, 3.63) is 66.0 Å². The summed E-state index contributed by atoms with van der Waals surface area (Å²) in [6, 6.07) is 16.9. The molecule has 3 rings (SSSR count). The van der Waals surface area contributed by atoms with Crippen LogP contribution in [0.5, 0.6) is 0 Å². The van der Waals surface area contributed by atoms with Crippen molar-refractivity contribution < 1.29 is 0 Å². The van der Waals surface area contributed by atoms with Crippen LogP contribution in [0.1, 0.15) is 11.3 Å². The van der Waals surface area contributed by atoms with Gasteiger partial charge in [-0.15, -0.1) is 0 Å². The number of aromatic nitrogens is 2. The van der Waals surface area contributed by atoms with E-state index in [4.69, 9.17) is 0 Å². The quantitative estimate of drug-likeness (QED) is 0.682. The van der Waals surface area contributed by atoms with Crippen LogP contribution in [-0.2, 0) is 19.9 Å². The average molecular weight is 236 g/mol. The summed E-state index contributed by atoms with van der Waals surface area (Å²) in [5.41, 5.74) is 5.02. The topological polar surface area (TPSA) is 17.8 Å². The van der Waals surface area contributed by atoms with Crippen molar-refractivity contribution in [3.8, 4) is 0 Å². The zero-order valence-electron chi connectivity index (χ0n) is 10.5. The Bertz CT molecular complexity index is 653. The van der Waals surface area contributed by atoms with E-state index in [0.717, 1.165) is 18.4 Å². The van der Waals surface area contributed by atoms with Crippen LogP contribution in [0.3, 0.4) is 0 Å². The summed E-state index contributed by atoms with van der Waals surface area (Å²) >= 11 is 0. The van der Waals surface area contributed by atoms with Crippen LogP contribution in [-0.4, -0.2) is 9.55 Å². The maximum atomic E-state index is 4.40. The van der Waals surface area contributed by atoms with Gasteiger partial charge in [0.05, 0.1) is 11.0 Å². The summed E-state index contributed by atoms with van der Waals surface area (Å²) in [5, 5.41) is 0. The Morgan fingerprint density at radius 1 is 1.00 bits per heavy atom. The highest BCUT2D eigenvalue weighted by Gasteiger charge is 2.05. The van der Waals surface area contributed by atoms with Gasteiger partial charge in [0.1, 0.15) is 0 Å². The lowest BCUT2D eigenvalue weighted by Crippen LogP contribution is -1.98. The van der Waals surface area contributed by atoms with E-state index in [-0.39, 0.29) is 0 Å². The minimum Gasteiger partial charge on any atom is -0.346 e. The Kier molecular flexibility index (Phi) is 2.85. The van der Waals surface area contributed by atoms with E-state index in [2.05, 4.69) is 59.1 Å². The van der Waals surface area contributed by atoms with Crippen LogP contribution >= 0.6 is 0 Å². The molecule has 3 aromatic rings. The lowest BCUT2D eigenvalue weighted by atomic mass is 10.1. The van der Waals surface area contributed by atoms with E-state index in [0.29, 0.717) is 0 Å². The highest BCUT2D eigenvalue weighted by Crippen LogP contribution is 2.17. The predicted octanol–water partition coefficient (Wildman–Crippen LogP) is 3.36. The average Bonchev–Trinajstić information content (AvgIpc) is 2.75. The van der Waals surface area contributed by atoms with Crippen molar-refractivity contribution in [2.45, 2.75) is 12.8 Å². The van der Waals surface area contributed by atoms with Gasteiger partial charge in [-0.1, -0.05) is 30.3 Å². The Morgan fingerprint density at radius 2 is 1.83 bits per heavy atom. The molecule has 0 unspecified atom stereocenters. The molecule has 0 saturated heterocycles. The lowest BCUT2D eigenvalue weighted by Gasteiger charge is -2.04. The molecule has 90 valence electrons. The van der Waals surface area contributed by atoms with Crippen molar-refractivity contribution >= 4 is 11.0 Å². The largest absolute Gasteiger partial charge is 0.346 e. The monoisotopic (exact) mass is 236 g/mol. The van der Waals surface area contributed by atoms with E-state index in [1.54, 1.807) is 0 Å². The smallest absolute Gasteiger partial charge is 0.0883 e. The van der Waals surface area contributed by atoms with Crippen LogP contribution in [0.2, 0.25) is 0 Å². The number of nitrogens with zero attached hydrogens (tertiary/aromatic N) is 2. The number of pyridine rings is 1. The molecule has 0 N–H and O–H groups in total. The van der Waals surface area contributed by atoms with Crippen molar-refractivity contribution in [1.29, 1.82) is 0 Å². The van der Waals surface area contributed by atoms with Gasteiger partial charge in [0.25, 0.3) is 0 Å². The molecule has 0 aliphatic rings. The maximum absolute atomic E-state index is 4.40. The SMILES string of the molecule is Cn1c(CCc2ccccc2)cc2ncccc21. The van der Waals surface area contributed by atoms with Crippen LogP contribution in [0.25, 0.3) is 11.0 Å². The van der Waals surface area contributed by atoms with Crippen LogP contribution < -0.4 is 0 Å². The summed E-state index contributed by atoms with van der Waals surface area (Å²) in [6.07, 6.45) is 3.98. The second-order valence-electron chi connectivity index (χ2n) is 4.59. The fourth-order valence-electron chi connectivity index (χ4n) is 2.37. The van der Waals surface area contributed by atoms with Gasteiger partial charge >= 0.3 is 0 Å². The molecule has 0 spiro atoms. The zero-order chi connectivity index (χ0) is 12.4. The summed E-state index contributed by atoms with van der Waals surface area (Å²) in [6.45, 7) is 0. The van der Waals surface area contributed by atoms with Crippen molar-refractivity contribution in [1.82, 2.24) is 9.55 Å². The van der Waals surface area contributed by atoms with Crippen LogP contribution in [0, 0.1) is 0 Å². The molecule has 2 heteroatoms. The first-order valence-corrected chi connectivity index (χ1v) is 6.28. The van der Waals surface area contributed by atoms with Crippen LogP contribution in [0.15, 0.2) is 54.7 Å². The molecular formula is C16H16N2. The van der Waals surface area contributed by atoms with Gasteiger partial charge in [0.15, 0.2) is 0 Å². The molecule has 0 fully saturated rings. The van der Waals surface area contributed by atoms with Crippen molar-refractivity contribution in [2.24, 2.45) is 7.05 Å². The van der Waals surface area contributed by atoms with Gasteiger partial charge in [-0.3, -0.25) is 4.98 Å². The van der Waals surface area contributed by atoms with Gasteiger partial charge in [-0.2, -0.15) is 0 Å². The molecule has 0 bridgehead atoms. The first kappa shape index (κ1) is 11.0. The molecule has 2 aromatic heterocycles. The third-order valence-electron chi connectivity index (χ3n) is 3.42. The number of rotatable bonds is 3. The molecule has 0 saturated carbocycles. The third kappa shape index (κ3) is 2.02. The minimum absolute atomic E-state index is 1.05. The fourth-order valence-corrected chi connectivity index (χ4v) is 2.37. The van der Waals surface area contributed by atoms with Gasteiger partial charge in [-0.25, -0.2) is 0 Å². The van der Waals surface area contributed by atoms with E-state index < -0.39 is 0 Å². The Balaban J connectivity index is 1.85. The number of fused-ring (bicyclic) bond motifs is 1. The molecular weight excluding hydrogens is 220 g/mol. The van der Waals surface area contributed by atoms with Gasteiger partial charge in [0, 0.05) is 18.9 Å². The molecule has 0 amide bonds. The van der Waals surface area contributed by atoms with Crippen molar-refractivity contribution in [2.75, 3.05) is 0 Å². The molecule has 2 heterocycles. The lowest BCUT2D eigenvalue weighted by molar-refractivity contribution is 0.820. The molecule has 0 radical (unpaired) electrons. The second-order valence-corrected chi connectivity index (χ2v) is 4.59. The first-order valence-electron chi connectivity index (χ1n) is 6.28. The Morgan fingerprint density at radius 3 is 2.61 bits per heavy atom. The zero-order valence-corrected chi connectivity index (χ0v) is 10.5. The summed E-state index contributed by atoms with van der Waals surface area (Å²) in [5.74, 6) is 0. The number of benzene rings is 1. The number of hydrogen-bond acceptors (Lipinski definition) is 1. The van der Waals surface area contributed by atoms with E-state index in [1.165, 1.54) is 16.8 Å². The highest BCUT2D eigenvalue weighted by molar-refractivity contribution is 5.76. The molecule has 2 nitrogen and oxygen atoms in total. The Hall–Kier alpha value is -2.09. The maximum Gasteiger partial charge on any atom is 0.0883 e. The Labute approximate surface area is 107 Å². The van der Waals surface area contributed by atoms with Gasteiger partial charge < -0.3 is 4.57 Å². The number of aryl methyl sites for hydroxylation is 3. The van der Waals surface area contributed by atoms with Gasteiger partial charge in [0.2, 0.25) is 0 Å². The molecule has 18 heavy (non-hydrogen) atoms. The minimum atomic E-state index is 1.05. The molecule has 1 aromatic carbocycles. The van der Waals surface area contributed by atoms with Crippen LogP contribution in [0.4, 0.5) is 0 Å². The summed E-state index contributed by atoms with van der Waals surface area (Å²) < 4.78 is 2.24.